The van der Waals surface area contributed by atoms with Gasteiger partial charge < -0.3 is 5.11 Å². The molecule has 0 aromatic heterocycles. The summed E-state index contributed by atoms with van der Waals surface area (Å²) >= 11 is 0. The maximum Gasteiger partial charge on any atom is 0.116 e. The third kappa shape index (κ3) is 1.24. The normalized spacial score (nSPS) is 30.4. The van der Waals surface area contributed by atoms with E-state index in [0.717, 1.165) is 17.8 Å². The van der Waals surface area contributed by atoms with Crippen LogP contribution in [0.25, 0.3) is 0 Å². The van der Waals surface area contributed by atoms with Crippen molar-refractivity contribution in [1.82, 2.24) is 0 Å². The lowest BCUT2D eigenvalue weighted by molar-refractivity contribution is 0.472. The minimum atomic E-state index is 0.463. The fourth-order valence-electron chi connectivity index (χ4n) is 3.63. The summed E-state index contributed by atoms with van der Waals surface area (Å²) in [6.07, 6.45) is 2.60. The van der Waals surface area contributed by atoms with Crippen molar-refractivity contribution in [2.75, 3.05) is 0 Å². The van der Waals surface area contributed by atoms with E-state index in [1.165, 1.54) is 24.0 Å². The van der Waals surface area contributed by atoms with E-state index in [-0.39, 0.29) is 0 Å². The molecule has 1 aromatic carbocycles. The van der Waals surface area contributed by atoms with Crippen LogP contribution in [0.2, 0.25) is 0 Å². The van der Waals surface area contributed by atoms with Gasteiger partial charge in [0, 0.05) is 0 Å². The number of benzene rings is 1. The Morgan fingerprint density at radius 2 is 2.12 bits per heavy atom. The molecule has 3 unspecified atom stereocenters. The van der Waals surface area contributed by atoms with Crippen molar-refractivity contribution in [1.29, 1.82) is 0 Å². The van der Waals surface area contributed by atoms with Gasteiger partial charge in [0.15, 0.2) is 0 Å². The van der Waals surface area contributed by atoms with Crippen LogP contribution in [0.3, 0.4) is 0 Å². The Labute approximate surface area is 97.5 Å². The molecule has 1 aromatic rings. The van der Waals surface area contributed by atoms with Crippen LogP contribution >= 0.6 is 0 Å². The van der Waals surface area contributed by atoms with Crippen LogP contribution in [0.15, 0.2) is 12.1 Å². The number of hydrogen-bond donors (Lipinski definition) is 1. The summed E-state index contributed by atoms with van der Waals surface area (Å²) in [4.78, 5) is 0. The third-order valence-electron chi connectivity index (χ3n) is 4.42. The van der Waals surface area contributed by atoms with Gasteiger partial charge in [0.25, 0.3) is 0 Å². The number of phenols is 1. The molecule has 1 fully saturated rings. The first-order valence-corrected chi connectivity index (χ1v) is 6.50. The molecule has 0 amide bonds. The number of phenolic OH excluding ortho intramolecular Hbond substituents is 1. The second kappa shape index (κ2) is 3.26. The summed E-state index contributed by atoms with van der Waals surface area (Å²) in [5.74, 6) is 3.40. The van der Waals surface area contributed by atoms with Crippen molar-refractivity contribution < 1.29 is 5.11 Å². The Morgan fingerprint density at radius 3 is 2.75 bits per heavy atom. The van der Waals surface area contributed by atoms with Gasteiger partial charge in [-0.15, -0.1) is 0 Å². The largest absolute Gasteiger partial charge is 0.508 e. The molecular formula is C15H20O. The maximum absolute atomic E-state index is 9.82. The van der Waals surface area contributed by atoms with E-state index in [2.05, 4.69) is 20.8 Å². The predicted molar refractivity (Wildman–Crippen MR) is 66.1 cm³/mol. The van der Waals surface area contributed by atoms with Crippen LogP contribution in [-0.2, 0) is 0 Å². The third-order valence-corrected chi connectivity index (χ3v) is 4.42. The van der Waals surface area contributed by atoms with Gasteiger partial charge in [0.2, 0.25) is 0 Å². The van der Waals surface area contributed by atoms with Gasteiger partial charge >= 0.3 is 0 Å². The molecule has 86 valence electrons. The van der Waals surface area contributed by atoms with E-state index in [4.69, 9.17) is 0 Å². The molecule has 2 aliphatic rings. The lowest BCUT2D eigenvalue weighted by Crippen LogP contribution is -2.03. The summed E-state index contributed by atoms with van der Waals surface area (Å²) in [5.41, 5.74) is 4.42. The van der Waals surface area contributed by atoms with Crippen LogP contribution in [0.5, 0.6) is 5.75 Å². The molecule has 0 spiro atoms. The van der Waals surface area contributed by atoms with Gasteiger partial charge in [-0.2, -0.15) is 0 Å². The topological polar surface area (TPSA) is 20.2 Å². The SMILES string of the molecule is CCC1c2c(C(C)C)cc(O)cc2C2CC21. The summed E-state index contributed by atoms with van der Waals surface area (Å²) < 4.78 is 0. The van der Waals surface area contributed by atoms with E-state index in [1.807, 2.05) is 12.1 Å². The highest BCUT2D eigenvalue weighted by molar-refractivity contribution is 5.54. The second-order valence-corrected chi connectivity index (χ2v) is 5.71. The van der Waals surface area contributed by atoms with E-state index in [0.29, 0.717) is 11.7 Å². The van der Waals surface area contributed by atoms with Gasteiger partial charge in [-0.25, -0.2) is 0 Å². The Balaban J connectivity index is 2.18. The van der Waals surface area contributed by atoms with Crippen molar-refractivity contribution in [3.05, 3.63) is 28.8 Å². The van der Waals surface area contributed by atoms with Crippen molar-refractivity contribution >= 4 is 0 Å². The van der Waals surface area contributed by atoms with Crippen LogP contribution in [0.1, 0.15) is 68.1 Å². The first-order valence-electron chi connectivity index (χ1n) is 6.50. The Kier molecular flexibility index (Phi) is 2.07. The average Bonchev–Trinajstić information content (AvgIpc) is 2.95. The van der Waals surface area contributed by atoms with Crippen LogP contribution in [-0.4, -0.2) is 5.11 Å². The summed E-state index contributed by atoms with van der Waals surface area (Å²) in [7, 11) is 0. The molecule has 0 heterocycles. The molecule has 1 N–H and O–H groups in total. The molecule has 0 bridgehead atoms. The molecule has 0 aliphatic heterocycles. The Morgan fingerprint density at radius 1 is 1.38 bits per heavy atom. The lowest BCUT2D eigenvalue weighted by Gasteiger charge is -2.20. The predicted octanol–water partition coefficient (Wildman–Crippen LogP) is 4.13. The molecular weight excluding hydrogens is 196 g/mol. The van der Waals surface area contributed by atoms with Gasteiger partial charge in [0.1, 0.15) is 5.75 Å². The highest BCUT2D eigenvalue weighted by Gasteiger charge is 2.51. The fraction of sp³-hybridized carbons (Fsp3) is 0.600. The minimum Gasteiger partial charge on any atom is -0.508 e. The molecule has 0 saturated heterocycles. The van der Waals surface area contributed by atoms with Gasteiger partial charge in [-0.1, -0.05) is 20.8 Å². The molecule has 1 nitrogen and oxygen atoms in total. The molecule has 0 radical (unpaired) electrons. The summed E-state index contributed by atoms with van der Waals surface area (Å²) in [6.45, 7) is 6.75. The first-order chi connectivity index (χ1) is 7.63. The van der Waals surface area contributed by atoms with Crippen molar-refractivity contribution in [3.8, 4) is 5.75 Å². The molecule has 3 rings (SSSR count). The van der Waals surface area contributed by atoms with E-state index >= 15 is 0 Å². The van der Waals surface area contributed by atoms with E-state index in [1.54, 1.807) is 5.56 Å². The van der Waals surface area contributed by atoms with Gasteiger partial charge in [-0.05, 0) is 65.3 Å². The number of fused-ring (bicyclic) bond motifs is 3. The van der Waals surface area contributed by atoms with Gasteiger partial charge in [0.05, 0.1) is 0 Å². The highest BCUT2D eigenvalue weighted by Crippen LogP contribution is 2.65. The first kappa shape index (κ1) is 10.2. The number of aromatic hydroxyl groups is 1. The van der Waals surface area contributed by atoms with Crippen molar-refractivity contribution in [2.24, 2.45) is 5.92 Å². The fourth-order valence-corrected chi connectivity index (χ4v) is 3.63. The number of rotatable bonds is 2. The monoisotopic (exact) mass is 216 g/mol. The van der Waals surface area contributed by atoms with E-state index in [9.17, 15) is 5.11 Å². The summed E-state index contributed by atoms with van der Waals surface area (Å²) in [5, 5.41) is 9.82. The van der Waals surface area contributed by atoms with Crippen molar-refractivity contribution in [3.63, 3.8) is 0 Å². The van der Waals surface area contributed by atoms with E-state index < -0.39 is 0 Å². The van der Waals surface area contributed by atoms with Gasteiger partial charge in [-0.3, -0.25) is 0 Å². The quantitative estimate of drug-likeness (QED) is 0.788. The zero-order valence-electron chi connectivity index (χ0n) is 10.3. The maximum atomic E-state index is 9.82. The zero-order valence-corrected chi connectivity index (χ0v) is 10.3. The minimum absolute atomic E-state index is 0.463. The van der Waals surface area contributed by atoms with Crippen LogP contribution < -0.4 is 0 Å². The Hall–Kier alpha value is -0.980. The zero-order chi connectivity index (χ0) is 11.4. The van der Waals surface area contributed by atoms with Crippen molar-refractivity contribution in [2.45, 2.75) is 51.4 Å². The van der Waals surface area contributed by atoms with Crippen LogP contribution in [0.4, 0.5) is 0 Å². The van der Waals surface area contributed by atoms with Crippen LogP contribution in [0, 0.1) is 5.92 Å². The molecule has 2 aliphatic carbocycles. The molecule has 3 atom stereocenters. The standard InChI is InChI=1S/C15H20O/c1-4-10-12-7-13(12)14-6-9(16)5-11(8(2)3)15(10)14/h5-6,8,10,12-13,16H,4,7H2,1-3H3. The molecule has 1 heteroatoms. The highest BCUT2D eigenvalue weighted by atomic mass is 16.3. The average molecular weight is 216 g/mol. The molecule has 16 heavy (non-hydrogen) atoms. The lowest BCUT2D eigenvalue weighted by atomic mass is 9.85. The summed E-state index contributed by atoms with van der Waals surface area (Å²) in [6, 6.07) is 4.00. The molecule has 1 saturated carbocycles. The smallest absolute Gasteiger partial charge is 0.116 e. The second-order valence-electron chi connectivity index (χ2n) is 5.71. The Bertz CT molecular complexity index is 433. The number of hydrogen-bond acceptors (Lipinski definition) is 1.